The highest BCUT2D eigenvalue weighted by Gasteiger charge is 2.15. The average Bonchev–Trinajstić information content (AvgIpc) is 3.13. The van der Waals surface area contributed by atoms with Crippen LogP contribution >= 0.6 is 11.3 Å². The Hall–Kier alpha value is -2.72. The predicted molar refractivity (Wildman–Crippen MR) is 101 cm³/mol. The maximum Gasteiger partial charge on any atom is 0.147 e. The molecular weight excluding hydrogens is 314 g/mol. The molecule has 3 nitrogen and oxygen atoms in total. The van der Waals surface area contributed by atoms with E-state index in [9.17, 15) is 0 Å². The summed E-state index contributed by atoms with van der Waals surface area (Å²) in [4.78, 5) is 8.73. The maximum absolute atomic E-state index is 4.43. The highest BCUT2D eigenvalue weighted by atomic mass is 32.1. The van der Waals surface area contributed by atoms with Crippen LogP contribution in [0.25, 0.3) is 10.2 Å². The van der Waals surface area contributed by atoms with Gasteiger partial charge in [-0.1, -0.05) is 60.7 Å². The number of aromatic nitrogens is 2. The van der Waals surface area contributed by atoms with Crippen molar-refractivity contribution in [3.63, 3.8) is 0 Å². The number of nitrogens with zero attached hydrogens (tertiary/aromatic N) is 2. The molecule has 0 spiro atoms. The van der Waals surface area contributed by atoms with Gasteiger partial charge in [0.05, 0.1) is 10.2 Å². The summed E-state index contributed by atoms with van der Waals surface area (Å²) in [5, 5.41) is 5.58. The number of fused-ring (bicyclic) bond motifs is 1. The molecule has 0 saturated carbocycles. The molecule has 0 fully saturated rings. The second-order valence-electron chi connectivity index (χ2n) is 5.61. The maximum atomic E-state index is 4.43. The number of rotatable bonds is 5. The van der Waals surface area contributed by atoms with Crippen molar-refractivity contribution < 1.29 is 0 Å². The fourth-order valence-corrected chi connectivity index (χ4v) is 3.72. The zero-order valence-corrected chi connectivity index (χ0v) is 13.9. The smallest absolute Gasteiger partial charge is 0.147 e. The van der Waals surface area contributed by atoms with Gasteiger partial charge in [0.2, 0.25) is 0 Å². The van der Waals surface area contributed by atoms with Crippen molar-refractivity contribution in [1.29, 1.82) is 0 Å². The fourth-order valence-electron chi connectivity index (χ4n) is 2.91. The molecule has 4 aromatic rings. The van der Waals surface area contributed by atoms with Crippen molar-refractivity contribution in [2.75, 3.05) is 11.9 Å². The van der Waals surface area contributed by atoms with Crippen molar-refractivity contribution in [3.05, 3.63) is 89.6 Å². The van der Waals surface area contributed by atoms with Gasteiger partial charge in [0, 0.05) is 12.5 Å². The van der Waals surface area contributed by atoms with Crippen LogP contribution < -0.4 is 5.32 Å². The van der Waals surface area contributed by atoms with Gasteiger partial charge < -0.3 is 5.32 Å². The van der Waals surface area contributed by atoms with Crippen LogP contribution in [0.2, 0.25) is 0 Å². The van der Waals surface area contributed by atoms with Gasteiger partial charge in [0.25, 0.3) is 0 Å². The van der Waals surface area contributed by atoms with E-state index in [1.165, 1.54) is 11.1 Å². The minimum absolute atomic E-state index is 0.275. The van der Waals surface area contributed by atoms with Crippen LogP contribution in [-0.4, -0.2) is 16.5 Å². The van der Waals surface area contributed by atoms with Crippen LogP contribution in [0.3, 0.4) is 0 Å². The number of nitrogens with one attached hydrogen (secondary N) is 1. The lowest BCUT2D eigenvalue weighted by Gasteiger charge is -2.19. The lowest BCUT2D eigenvalue weighted by molar-refractivity contribution is 0.849. The Labute approximate surface area is 145 Å². The van der Waals surface area contributed by atoms with Crippen LogP contribution in [0.15, 0.2) is 78.4 Å². The van der Waals surface area contributed by atoms with Crippen LogP contribution in [-0.2, 0) is 0 Å². The monoisotopic (exact) mass is 331 g/mol. The molecule has 2 heterocycles. The zero-order valence-electron chi connectivity index (χ0n) is 13.1. The normalized spacial score (nSPS) is 11.0. The molecule has 118 valence electrons. The van der Waals surface area contributed by atoms with E-state index in [2.05, 4.69) is 81.3 Å². The fraction of sp³-hybridized carbons (Fsp3) is 0.100. The Balaban J connectivity index is 1.64. The van der Waals surface area contributed by atoms with Gasteiger partial charge in [-0.25, -0.2) is 9.97 Å². The minimum atomic E-state index is 0.275. The van der Waals surface area contributed by atoms with Crippen LogP contribution in [0, 0.1) is 0 Å². The molecule has 24 heavy (non-hydrogen) atoms. The second-order valence-corrected chi connectivity index (χ2v) is 6.53. The van der Waals surface area contributed by atoms with Gasteiger partial charge >= 0.3 is 0 Å². The van der Waals surface area contributed by atoms with E-state index in [4.69, 9.17) is 0 Å². The number of hydrogen-bond donors (Lipinski definition) is 1. The largest absolute Gasteiger partial charge is 0.368 e. The third-order valence-electron chi connectivity index (χ3n) is 4.12. The Bertz CT molecular complexity index is 880. The summed E-state index contributed by atoms with van der Waals surface area (Å²) in [6.07, 6.45) is 1.62. The molecule has 1 N–H and O–H groups in total. The third-order valence-corrected chi connectivity index (χ3v) is 5.03. The quantitative estimate of drug-likeness (QED) is 0.563. The predicted octanol–water partition coefficient (Wildman–Crippen LogP) is 4.94. The van der Waals surface area contributed by atoms with E-state index in [0.717, 1.165) is 22.6 Å². The van der Waals surface area contributed by atoms with E-state index in [0.29, 0.717) is 0 Å². The summed E-state index contributed by atoms with van der Waals surface area (Å²) in [7, 11) is 0. The van der Waals surface area contributed by atoms with Crippen LogP contribution in [0.4, 0.5) is 5.82 Å². The van der Waals surface area contributed by atoms with Crippen molar-refractivity contribution in [3.8, 4) is 0 Å². The first-order valence-corrected chi connectivity index (χ1v) is 8.82. The van der Waals surface area contributed by atoms with E-state index in [1.54, 1.807) is 17.7 Å². The Morgan fingerprint density at radius 2 is 1.50 bits per heavy atom. The first kappa shape index (κ1) is 14.8. The van der Waals surface area contributed by atoms with E-state index in [-0.39, 0.29) is 5.92 Å². The van der Waals surface area contributed by atoms with Crippen molar-refractivity contribution in [2.45, 2.75) is 5.92 Å². The molecule has 0 aliphatic heterocycles. The molecule has 0 saturated heterocycles. The topological polar surface area (TPSA) is 37.8 Å². The van der Waals surface area contributed by atoms with Gasteiger partial charge in [0.15, 0.2) is 0 Å². The molecule has 2 aromatic heterocycles. The molecular formula is C20H17N3S. The summed E-state index contributed by atoms with van der Waals surface area (Å²) in [5.74, 6) is 1.18. The minimum Gasteiger partial charge on any atom is -0.368 e. The van der Waals surface area contributed by atoms with Gasteiger partial charge in [-0.05, 0) is 22.6 Å². The first-order valence-electron chi connectivity index (χ1n) is 7.94. The van der Waals surface area contributed by atoms with Gasteiger partial charge in [-0.3, -0.25) is 0 Å². The molecule has 0 aliphatic rings. The molecule has 0 atom stereocenters. The van der Waals surface area contributed by atoms with Crippen LogP contribution in [0.5, 0.6) is 0 Å². The summed E-state index contributed by atoms with van der Waals surface area (Å²) in [5.41, 5.74) is 3.59. The lowest BCUT2D eigenvalue weighted by Crippen LogP contribution is -2.15. The standard InChI is InChI=1S/C20H17N3S/c1-3-7-15(8-4-1)17(16-9-5-2-6-10-16)13-21-20-19-18(11-12-24-19)22-14-23-20/h1-12,14,17H,13H2,(H,21,22,23). The summed E-state index contributed by atoms with van der Waals surface area (Å²) in [6.45, 7) is 0.790. The van der Waals surface area contributed by atoms with Gasteiger partial charge in [-0.15, -0.1) is 11.3 Å². The SMILES string of the molecule is c1ccc(C(CNc2ncnc3ccsc23)c2ccccc2)cc1. The molecule has 0 radical (unpaired) electrons. The van der Waals surface area contributed by atoms with E-state index in [1.807, 2.05) is 6.07 Å². The van der Waals surface area contributed by atoms with Crippen molar-refractivity contribution in [2.24, 2.45) is 0 Å². The van der Waals surface area contributed by atoms with Gasteiger partial charge in [0.1, 0.15) is 12.1 Å². The second kappa shape index (κ2) is 6.81. The number of thiophene rings is 1. The first-order chi connectivity index (χ1) is 11.9. The Morgan fingerprint density at radius 3 is 2.17 bits per heavy atom. The Kier molecular flexibility index (Phi) is 4.21. The molecule has 2 aromatic carbocycles. The molecule has 0 aliphatic carbocycles. The molecule has 4 heteroatoms. The molecule has 0 unspecified atom stereocenters. The Morgan fingerprint density at radius 1 is 0.833 bits per heavy atom. The zero-order chi connectivity index (χ0) is 16.2. The lowest BCUT2D eigenvalue weighted by atomic mass is 9.91. The van der Waals surface area contributed by atoms with E-state index >= 15 is 0 Å². The van der Waals surface area contributed by atoms with Crippen LogP contribution in [0.1, 0.15) is 17.0 Å². The van der Waals surface area contributed by atoms with E-state index < -0.39 is 0 Å². The third kappa shape index (κ3) is 3.01. The number of anilines is 1. The highest BCUT2D eigenvalue weighted by Crippen LogP contribution is 2.28. The van der Waals surface area contributed by atoms with Crippen molar-refractivity contribution in [1.82, 2.24) is 9.97 Å². The summed E-state index contributed by atoms with van der Waals surface area (Å²) in [6, 6.07) is 23.2. The molecule has 0 amide bonds. The molecule has 4 rings (SSSR count). The average molecular weight is 331 g/mol. The summed E-state index contributed by atoms with van der Waals surface area (Å²) >= 11 is 1.67. The molecule has 0 bridgehead atoms. The van der Waals surface area contributed by atoms with Gasteiger partial charge in [-0.2, -0.15) is 0 Å². The summed E-state index contributed by atoms with van der Waals surface area (Å²) < 4.78 is 1.11. The van der Waals surface area contributed by atoms with Crippen molar-refractivity contribution >= 4 is 27.4 Å². The number of hydrogen-bond acceptors (Lipinski definition) is 4. The highest BCUT2D eigenvalue weighted by molar-refractivity contribution is 7.17. The number of benzene rings is 2.